The molecule has 0 fully saturated rings. The van der Waals surface area contributed by atoms with Gasteiger partial charge in [-0.2, -0.15) is 0 Å². The first-order valence-electron chi connectivity index (χ1n) is 11.2. The number of anilines is 1. The summed E-state index contributed by atoms with van der Waals surface area (Å²) in [7, 11) is 0. The molecule has 1 aromatic heterocycles. The fourth-order valence-corrected chi connectivity index (χ4v) is 5.42. The molecule has 0 aliphatic carbocycles. The number of halogens is 1. The van der Waals surface area contributed by atoms with E-state index in [1.807, 2.05) is 48.7 Å². The molecule has 1 heterocycles. The first-order valence-corrected chi connectivity index (χ1v) is 13.0. The van der Waals surface area contributed by atoms with E-state index >= 15 is 0 Å². The molecule has 0 atom stereocenters. The van der Waals surface area contributed by atoms with E-state index in [0.29, 0.717) is 17.5 Å². The van der Waals surface area contributed by atoms with Crippen LogP contribution in [0, 0.1) is 20.8 Å². The third-order valence-electron chi connectivity index (χ3n) is 5.70. The smallest absolute Gasteiger partial charge is 0.234 e. The van der Waals surface area contributed by atoms with Crippen molar-refractivity contribution < 1.29 is 9.53 Å². The first kappa shape index (κ1) is 25.0. The van der Waals surface area contributed by atoms with Crippen LogP contribution in [0.4, 0.5) is 5.69 Å². The van der Waals surface area contributed by atoms with Crippen LogP contribution in [-0.2, 0) is 17.9 Å². The molecule has 0 unspecified atom stereocenters. The van der Waals surface area contributed by atoms with Crippen molar-refractivity contribution in [3.8, 4) is 5.75 Å². The molecule has 180 valence electrons. The van der Waals surface area contributed by atoms with Gasteiger partial charge in [0.1, 0.15) is 12.4 Å². The monoisotopic (exact) mass is 550 g/mol. The zero-order valence-electron chi connectivity index (χ0n) is 20.0. The van der Waals surface area contributed by atoms with Gasteiger partial charge in [0, 0.05) is 16.7 Å². The lowest BCUT2D eigenvalue weighted by Crippen LogP contribution is -2.16. The quantitative estimate of drug-likeness (QED) is 0.187. The average Bonchev–Trinajstić information content (AvgIpc) is 3.21. The normalized spacial score (nSPS) is 11.0. The van der Waals surface area contributed by atoms with E-state index in [1.54, 1.807) is 6.08 Å². The van der Waals surface area contributed by atoms with Crippen LogP contribution >= 0.6 is 27.7 Å². The topological polar surface area (TPSA) is 69.0 Å². The number of nitrogens with one attached hydrogen (secondary N) is 1. The summed E-state index contributed by atoms with van der Waals surface area (Å²) in [5.41, 5.74) is 3.94. The van der Waals surface area contributed by atoms with Crippen LogP contribution in [0.15, 0.2) is 70.8 Å². The molecule has 0 aliphatic rings. The van der Waals surface area contributed by atoms with E-state index in [9.17, 15) is 4.79 Å². The number of thioether (sulfide) groups is 1. The van der Waals surface area contributed by atoms with Crippen LogP contribution in [0.25, 0.3) is 10.8 Å². The Morgan fingerprint density at radius 1 is 1.14 bits per heavy atom. The van der Waals surface area contributed by atoms with Gasteiger partial charge < -0.3 is 10.1 Å². The Balaban J connectivity index is 1.44. The van der Waals surface area contributed by atoms with E-state index < -0.39 is 0 Å². The second kappa shape index (κ2) is 11.1. The minimum Gasteiger partial charge on any atom is -0.485 e. The number of rotatable bonds is 9. The van der Waals surface area contributed by atoms with E-state index in [4.69, 9.17) is 4.74 Å². The number of aryl methyl sites for hydroxylation is 3. The molecule has 0 saturated carbocycles. The molecule has 4 rings (SSSR count). The van der Waals surface area contributed by atoms with Crippen molar-refractivity contribution in [1.82, 2.24) is 14.8 Å². The Morgan fingerprint density at radius 2 is 1.89 bits per heavy atom. The number of ether oxygens (including phenoxy) is 1. The molecule has 6 nitrogen and oxygen atoms in total. The minimum atomic E-state index is -0.0961. The summed E-state index contributed by atoms with van der Waals surface area (Å²) < 4.78 is 9.04. The Labute approximate surface area is 217 Å². The van der Waals surface area contributed by atoms with Crippen molar-refractivity contribution in [2.45, 2.75) is 39.1 Å². The highest BCUT2D eigenvalue weighted by Crippen LogP contribution is 2.28. The second-order valence-electron chi connectivity index (χ2n) is 8.25. The number of hydrogen-bond acceptors (Lipinski definition) is 5. The Kier molecular flexibility index (Phi) is 7.93. The molecule has 35 heavy (non-hydrogen) atoms. The molecule has 0 aliphatic heterocycles. The number of carbonyl (C=O) groups excluding carboxylic acids is 1. The Hall–Kier alpha value is -3.10. The molecule has 8 heteroatoms. The van der Waals surface area contributed by atoms with Crippen molar-refractivity contribution >= 4 is 50.1 Å². The maximum absolute atomic E-state index is 12.7. The summed E-state index contributed by atoms with van der Waals surface area (Å²) in [5, 5.41) is 14.6. The molecule has 1 N–H and O–H groups in total. The number of aromatic nitrogens is 3. The number of hydrogen-bond donors (Lipinski definition) is 1. The van der Waals surface area contributed by atoms with Gasteiger partial charge in [-0.1, -0.05) is 64.1 Å². The number of benzene rings is 3. The number of allylic oxidation sites excluding steroid dienone is 1. The molecule has 0 saturated heterocycles. The zero-order chi connectivity index (χ0) is 24.9. The fraction of sp³-hybridized carbons (Fsp3) is 0.222. The van der Waals surface area contributed by atoms with Gasteiger partial charge in [0.05, 0.1) is 5.75 Å². The van der Waals surface area contributed by atoms with Crippen LogP contribution in [-0.4, -0.2) is 26.4 Å². The molecule has 1 amide bonds. The number of nitrogens with zero attached hydrogens (tertiary/aromatic N) is 3. The molecule has 3 aromatic carbocycles. The van der Waals surface area contributed by atoms with Crippen LogP contribution in [0.5, 0.6) is 5.75 Å². The molecule has 0 radical (unpaired) electrons. The Bertz CT molecular complexity index is 1380. The van der Waals surface area contributed by atoms with Crippen molar-refractivity contribution in [1.29, 1.82) is 0 Å². The van der Waals surface area contributed by atoms with Gasteiger partial charge in [-0.25, -0.2) is 0 Å². The molecule has 0 bridgehead atoms. The van der Waals surface area contributed by atoms with Crippen molar-refractivity contribution in [3.63, 3.8) is 0 Å². The standard InChI is InChI=1S/C27H27BrN4O2S/c1-5-12-32-24(15-34-23-11-10-20-8-6-7-9-22(20)19(23)4)30-31-27(32)35-16-25(33)29-26-17(2)13-21(28)14-18(26)3/h5-11,13-14H,1,12,15-16H2,2-4H3,(H,29,33). The fourth-order valence-electron chi connectivity index (χ4n) is 3.96. The zero-order valence-corrected chi connectivity index (χ0v) is 22.4. The maximum Gasteiger partial charge on any atom is 0.234 e. The average molecular weight is 552 g/mol. The first-order chi connectivity index (χ1) is 16.9. The van der Waals surface area contributed by atoms with Crippen LogP contribution < -0.4 is 10.1 Å². The van der Waals surface area contributed by atoms with E-state index in [-0.39, 0.29) is 18.3 Å². The van der Waals surface area contributed by atoms with Gasteiger partial charge in [-0.3, -0.25) is 9.36 Å². The number of carbonyl (C=O) groups is 1. The lowest BCUT2D eigenvalue weighted by molar-refractivity contribution is -0.113. The minimum absolute atomic E-state index is 0.0961. The summed E-state index contributed by atoms with van der Waals surface area (Å²) in [6, 6.07) is 16.2. The second-order valence-corrected chi connectivity index (χ2v) is 10.1. The predicted octanol–water partition coefficient (Wildman–Crippen LogP) is 6.61. The SMILES string of the molecule is C=CCn1c(COc2ccc3ccccc3c2C)nnc1SCC(=O)Nc1c(C)cc(Br)cc1C. The van der Waals surface area contributed by atoms with Crippen molar-refractivity contribution in [3.05, 3.63) is 88.2 Å². The van der Waals surface area contributed by atoms with Gasteiger partial charge in [0.25, 0.3) is 0 Å². The van der Waals surface area contributed by atoms with Crippen LogP contribution in [0.2, 0.25) is 0 Å². The maximum atomic E-state index is 12.7. The van der Waals surface area contributed by atoms with Crippen molar-refractivity contribution in [2.75, 3.05) is 11.1 Å². The third-order valence-corrected chi connectivity index (χ3v) is 7.13. The molecule has 4 aromatic rings. The summed E-state index contributed by atoms with van der Waals surface area (Å²) in [4.78, 5) is 12.7. The van der Waals surface area contributed by atoms with Gasteiger partial charge in [0.2, 0.25) is 5.91 Å². The highest BCUT2D eigenvalue weighted by Gasteiger charge is 2.16. The highest BCUT2D eigenvalue weighted by atomic mass is 79.9. The summed E-state index contributed by atoms with van der Waals surface area (Å²) >= 11 is 4.83. The summed E-state index contributed by atoms with van der Waals surface area (Å²) in [6.45, 7) is 10.7. The third kappa shape index (κ3) is 5.77. The predicted molar refractivity (Wildman–Crippen MR) is 146 cm³/mol. The number of fused-ring (bicyclic) bond motifs is 1. The van der Waals surface area contributed by atoms with E-state index in [2.05, 4.69) is 63.1 Å². The number of amides is 1. The molecular weight excluding hydrogens is 524 g/mol. The van der Waals surface area contributed by atoms with Crippen LogP contribution in [0.1, 0.15) is 22.5 Å². The lowest BCUT2D eigenvalue weighted by Gasteiger charge is -2.13. The largest absolute Gasteiger partial charge is 0.485 e. The summed E-state index contributed by atoms with van der Waals surface area (Å²) in [5.74, 6) is 1.61. The van der Waals surface area contributed by atoms with Gasteiger partial charge >= 0.3 is 0 Å². The Morgan fingerprint density at radius 3 is 2.63 bits per heavy atom. The highest BCUT2D eigenvalue weighted by molar-refractivity contribution is 9.10. The molecule has 0 spiro atoms. The van der Waals surface area contributed by atoms with Crippen molar-refractivity contribution in [2.24, 2.45) is 0 Å². The van der Waals surface area contributed by atoms with E-state index in [0.717, 1.165) is 38.0 Å². The van der Waals surface area contributed by atoms with Crippen LogP contribution in [0.3, 0.4) is 0 Å². The molecular formula is C27H27BrN4O2S. The van der Waals surface area contributed by atoms with Gasteiger partial charge in [-0.05, 0) is 66.4 Å². The summed E-state index contributed by atoms with van der Waals surface area (Å²) in [6.07, 6.45) is 1.78. The van der Waals surface area contributed by atoms with Gasteiger partial charge in [-0.15, -0.1) is 16.8 Å². The van der Waals surface area contributed by atoms with Gasteiger partial charge in [0.15, 0.2) is 11.0 Å². The lowest BCUT2D eigenvalue weighted by atomic mass is 10.0. The van der Waals surface area contributed by atoms with E-state index in [1.165, 1.54) is 17.1 Å².